The van der Waals surface area contributed by atoms with Gasteiger partial charge < -0.3 is 20.7 Å². The molecule has 3 aromatic rings. The van der Waals surface area contributed by atoms with Crippen molar-refractivity contribution < 1.29 is 23.9 Å². The fourth-order valence-electron chi connectivity index (χ4n) is 4.09. The fourth-order valence-corrected chi connectivity index (χ4v) is 4.09. The third kappa shape index (κ3) is 6.12. The summed E-state index contributed by atoms with van der Waals surface area (Å²) < 4.78 is 4.47. The van der Waals surface area contributed by atoms with Gasteiger partial charge in [0.2, 0.25) is 0 Å². The van der Waals surface area contributed by atoms with Gasteiger partial charge in [-0.15, -0.1) is 0 Å². The van der Waals surface area contributed by atoms with Gasteiger partial charge in [0.05, 0.1) is 12.6 Å². The molecular weight excluding hydrogens is 470 g/mol. The zero-order valence-electron chi connectivity index (χ0n) is 20.4. The van der Waals surface area contributed by atoms with E-state index in [9.17, 15) is 19.2 Å². The molecule has 4 rings (SSSR count). The van der Waals surface area contributed by atoms with Gasteiger partial charge in [-0.3, -0.25) is 9.59 Å². The molecule has 0 aliphatic heterocycles. The zero-order valence-corrected chi connectivity index (χ0v) is 20.4. The Bertz CT molecular complexity index is 1420. The van der Waals surface area contributed by atoms with E-state index in [4.69, 9.17) is 0 Å². The van der Waals surface area contributed by atoms with Gasteiger partial charge in [0, 0.05) is 24.7 Å². The summed E-state index contributed by atoms with van der Waals surface area (Å²) in [6.07, 6.45) is 4.26. The topological polar surface area (TPSA) is 114 Å². The molecule has 0 aromatic heterocycles. The molecule has 8 nitrogen and oxygen atoms in total. The van der Waals surface area contributed by atoms with E-state index >= 15 is 0 Å². The predicted octanol–water partition coefficient (Wildman–Crippen LogP) is 2.91. The lowest BCUT2D eigenvalue weighted by Crippen LogP contribution is -2.36. The van der Waals surface area contributed by atoms with E-state index in [1.165, 1.54) is 13.2 Å². The molecule has 1 aliphatic carbocycles. The Labute approximate surface area is 214 Å². The molecule has 2 amide bonds. The minimum atomic E-state index is -0.681. The SMILES string of the molecule is COC(=O)/C=C/CNC(=O)C(=C=O)NCc1ccccc1C(=O)NC1(c2ccc3ccccc3c2)CC1. The van der Waals surface area contributed by atoms with E-state index in [0.717, 1.165) is 35.3 Å². The number of carbonyl (C=O) groups is 3. The zero-order chi connectivity index (χ0) is 26.3. The standard InChI is InChI=1S/C29H27N3O5/c1-37-26(34)11-6-16-30-28(36)25(19-33)31-18-22-9-4-5-10-24(22)27(35)32-29(14-15-29)23-13-12-20-7-2-3-8-21(20)17-23/h2-13,17,31H,14-16,18H2,1H3,(H,30,36)(H,32,35)/b11-6+. The van der Waals surface area contributed by atoms with E-state index in [0.29, 0.717) is 11.1 Å². The van der Waals surface area contributed by atoms with Crippen LogP contribution in [0.1, 0.15) is 34.3 Å². The van der Waals surface area contributed by atoms with E-state index in [1.54, 1.807) is 30.2 Å². The molecule has 0 saturated heterocycles. The van der Waals surface area contributed by atoms with Crippen LogP contribution in [-0.4, -0.2) is 37.4 Å². The monoisotopic (exact) mass is 497 g/mol. The van der Waals surface area contributed by atoms with Crippen LogP contribution in [0.15, 0.2) is 84.6 Å². The fraction of sp³-hybridized carbons (Fsp3) is 0.207. The van der Waals surface area contributed by atoms with E-state index in [-0.39, 0.29) is 24.7 Å². The Morgan fingerprint density at radius 2 is 1.70 bits per heavy atom. The molecule has 0 spiro atoms. The summed E-state index contributed by atoms with van der Waals surface area (Å²) in [6.45, 7) is 0.0964. The Morgan fingerprint density at radius 1 is 0.973 bits per heavy atom. The highest BCUT2D eigenvalue weighted by atomic mass is 16.5. The molecule has 3 aromatic carbocycles. The average Bonchev–Trinajstić information content (AvgIpc) is 3.71. The van der Waals surface area contributed by atoms with Gasteiger partial charge in [0.15, 0.2) is 11.6 Å². The lowest BCUT2D eigenvalue weighted by molar-refractivity contribution is -0.134. The molecule has 37 heavy (non-hydrogen) atoms. The second-order valence-electron chi connectivity index (χ2n) is 8.72. The van der Waals surface area contributed by atoms with Gasteiger partial charge in [-0.25, -0.2) is 9.59 Å². The largest absolute Gasteiger partial charge is 0.466 e. The van der Waals surface area contributed by atoms with Gasteiger partial charge in [-0.1, -0.05) is 60.7 Å². The summed E-state index contributed by atoms with van der Waals surface area (Å²) in [6, 6.07) is 21.4. The van der Waals surface area contributed by atoms with Crippen molar-refractivity contribution in [1.82, 2.24) is 16.0 Å². The third-order valence-corrected chi connectivity index (χ3v) is 6.29. The summed E-state index contributed by atoms with van der Waals surface area (Å²) >= 11 is 0. The van der Waals surface area contributed by atoms with Crippen LogP contribution in [0.3, 0.4) is 0 Å². The minimum absolute atomic E-state index is 0.0244. The summed E-state index contributed by atoms with van der Waals surface area (Å²) in [5.41, 5.74) is 1.43. The first-order chi connectivity index (χ1) is 18.0. The first-order valence-corrected chi connectivity index (χ1v) is 11.9. The van der Waals surface area contributed by atoms with Crippen molar-refractivity contribution in [3.63, 3.8) is 0 Å². The molecule has 3 N–H and O–H groups in total. The number of fused-ring (bicyclic) bond motifs is 1. The second-order valence-corrected chi connectivity index (χ2v) is 8.72. The Morgan fingerprint density at radius 3 is 2.43 bits per heavy atom. The molecule has 1 aliphatic rings. The maximum atomic E-state index is 13.3. The molecule has 0 bridgehead atoms. The first-order valence-electron chi connectivity index (χ1n) is 11.9. The van der Waals surface area contributed by atoms with Crippen LogP contribution in [0.25, 0.3) is 10.8 Å². The molecule has 0 atom stereocenters. The van der Waals surface area contributed by atoms with Crippen LogP contribution in [0.5, 0.6) is 0 Å². The predicted molar refractivity (Wildman–Crippen MR) is 139 cm³/mol. The number of esters is 1. The van der Waals surface area contributed by atoms with Crippen molar-refractivity contribution in [2.45, 2.75) is 24.9 Å². The average molecular weight is 498 g/mol. The molecule has 8 heteroatoms. The van der Waals surface area contributed by atoms with Crippen molar-refractivity contribution >= 4 is 34.5 Å². The molecule has 1 fully saturated rings. The molecule has 0 unspecified atom stereocenters. The number of ether oxygens (including phenoxy) is 1. The number of benzene rings is 3. The molecule has 0 heterocycles. The number of amides is 2. The van der Waals surface area contributed by atoms with E-state index in [1.807, 2.05) is 12.1 Å². The van der Waals surface area contributed by atoms with E-state index in [2.05, 4.69) is 51.0 Å². The van der Waals surface area contributed by atoms with Crippen LogP contribution >= 0.6 is 0 Å². The van der Waals surface area contributed by atoms with Gasteiger partial charge in [-0.05, 0) is 46.9 Å². The molecular formula is C29H27N3O5. The van der Waals surface area contributed by atoms with Crippen LogP contribution in [-0.2, 0) is 31.2 Å². The van der Waals surface area contributed by atoms with Crippen molar-refractivity contribution in [2.75, 3.05) is 13.7 Å². The number of methoxy groups -OCH3 is 1. The maximum Gasteiger partial charge on any atom is 0.330 e. The van der Waals surface area contributed by atoms with Crippen LogP contribution in [0.4, 0.5) is 0 Å². The van der Waals surface area contributed by atoms with Gasteiger partial charge in [0.25, 0.3) is 11.8 Å². The van der Waals surface area contributed by atoms with Crippen LogP contribution in [0.2, 0.25) is 0 Å². The Balaban J connectivity index is 1.41. The van der Waals surface area contributed by atoms with Crippen molar-refractivity contribution in [3.8, 4) is 0 Å². The van der Waals surface area contributed by atoms with Crippen molar-refractivity contribution in [3.05, 3.63) is 101 Å². The van der Waals surface area contributed by atoms with Gasteiger partial charge >= 0.3 is 5.97 Å². The maximum absolute atomic E-state index is 13.3. The minimum Gasteiger partial charge on any atom is -0.466 e. The lowest BCUT2D eigenvalue weighted by atomic mass is 9.99. The quantitative estimate of drug-likeness (QED) is 0.226. The third-order valence-electron chi connectivity index (χ3n) is 6.29. The Hall–Kier alpha value is -4.68. The summed E-state index contributed by atoms with van der Waals surface area (Å²) in [5.74, 6) is 0.134. The summed E-state index contributed by atoms with van der Waals surface area (Å²) in [7, 11) is 1.24. The second kappa shape index (κ2) is 11.4. The highest BCUT2D eigenvalue weighted by Gasteiger charge is 2.46. The number of carbonyl (C=O) groups excluding carboxylic acids is 4. The van der Waals surface area contributed by atoms with Crippen molar-refractivity contribution in [2.24, 2.45) is 0 Å². The van der Waals surface area contributed by atoms with Crippen LogP contribution < -0.4 is 16.0 Å². The van der Waals surface area contributed by atoms with Gasteiger partial charge in [0.1, 0.15) is 0 Å². The highest BCUT2D eigenvalue weighted by Crippen LogP contribution is 2.46. The molecule has 0 radical (unpaired) electrons. The highest BCUT2D eigenvalue weighted by molar-refractivity contribution is 6.00. The van der Waals surface area contributed by atoms with Crippen molar-refractivity contribution in [1.29, 1.82) is 0 Å². The van der Waals surface area contributed by atoms with E-state index < -0.39 is 17.4 Å². The van der Waals surface area contributed by atoms with Crippen LogP contribution in [0, 0.1) is 0 Å². The Kier molecular flexibility index (Phi) is 7.81. The number of hydrogen-bond acceptors (Lipinski definition) is 6. The molecule has 1 saturated carbocycles. The van der Waals surface area contributed by atoms with Gasteiger partial charge in [-0.2, -0.15) is 0 Å². The summed E-state index contributed by atoms with van der Waals surface area (Å²) in [5, 5.41) is 10.7. The number of nitrogens with one attached hydrogen (secondary N) is 3. The lowest BCUT2D eigenvalue weighted by Gasteiger charge is -2.20. The normalized spacial score (nSPS) is 13.4. The summed E-state index contributed by atoms with van der Waals surface area (Å²) in [4.78, 5) is 48.0. The smallest absolute Gasteiger partial charge is 0.330 e. The molecule has 188 valence electrons. The number of rotatable bonds is 10. The number of hydrogen-bond donors (Lipinski definition) is 3. The first kappa shape index (κ1) is 25.4.